The standard InChI is InChI=1S/C15H23F/c1-10-3-4-11(2)9-15(16,8-10)14-6-5-12-7-13(12)14/h10-12H,3-9H2,1-2H3. The third-order valence-corrected chi connectivity index (χ3v) is 4.97. The lowest BCUT2D eigenvalue weighted by molar-refractivity contribution is 0.150. The van der Waals surface area contributed by atoms with Gasteiger partial charge in [0.1, 0.15) is 5.67 Å². The van der Waals surface area contributed by atoms with Crippen LogP contribution in [0.4, 0.5) is 4.39 Å². The van der Waals surface area contributed by atoms with Gasteiger partial charge in [0, 0.05) is 0 Å². The van der Waals surface area contributed by atoms with Gasteiger partial charge in [-0.05, 0) is 55.4 Å². The van der Waals surface area contributed by atoms with Crippen molar-refractivity contribution >= 4 is 0 Å². The molecule has 0 aromatic rings. The van der Waals surface area contributed by atoms with Crippen molar-refractivity contribution in [1.82, 2.24) is 0 Å². The van der Waals surface area contributed by atoms with Crippen LogP contribution in [0, 0.1) is 17.8 Å². The van der Waals surface area contributed by atoms with Crippen molar-refractivity contribution in [2.75, 3.05) is 0 Å². The van der Waals surface area contributed by atoms with Gasteiger partial charge in [-0.1, -0.05) is 32.3 Å². The highest BCUT2D eigenvalue weighted by molar-refractivity contribution is 5.40. The SMILES string of the molecule is CC1CCC(C)CC(F)(C2=C3CC3CC2)C1. The summed E-state index contributed by atoms with van der Waals surface area (Å²) in [6.45, 7) is 4.47. The molecule has 0 radical (unpaired) electrons. The number of hydrogen-bond acceptors (Lipinski definition) is 0. The zero-order valence-corrected chi connectivity index (χ0v) is 10.6. The lowest BCUT2D eigenvalue weighted by Gasteiger charge is -2.29. The molecule has 0 heterocycles. The summed E-state index contributed by atoms with van der Waals surface area (Å²) in [6, 6.07) is 0. The molecular weight excluding hydrogens is 199 g/mol. The molecule has 3 atom stereocenters. The number of rotatable bonds is 1. The first-order valence-electron chi connectivity index (χ1n) is 7.00. The van der Waals surface area contributed by atoms with Gasteiger partial charge in [-0.15, -0.1) is 0 Å². The van der Waals surface area contributed by atoms with E-state index < -0.39 is 5.67 Å². The van der Waals surface area contributed by atoms with E-state index in [1.807, 2.05) is 0 Å². The first kappa shape index (κ1) is 10.8. The average molecular weight is 222 g/mol. The molecule has 0 amide bonds. The Balaban J connectivity index is 1.87. The van der Waals surface area contributed by atoms with Crippen LogP contribution in [-0.2, 0) is 0 Å². The van der Waals surface area contributed by atoms with Crippen LogP contribution < -0.4 is 0 Å². The average Bonchev–Trinajstić information content (AvgIpc) is 2.88. The highest BCUT2D eigenvalue weighted by Crippen LogP contribution is 2.57. The van der Waals surface area contributed by atoms with Gasteiger partial charge < -0.3 is 0 Å². The molecule has 16 heavy (non-hydrogen) atoms. The third-order valence-electron chi connectivity index (χ3n) is 4.97. The first-order chi connectivity index (χ1) is 7.58. The normalized spacial score (nSPS) is 47.8. The summed E-state index contributed by atoms with van der Waals surface area (Å²) in [5, 5.41) is 0. The van der Waals surface area contributed by atoms with Crippen LogP contribution in [0.3, 0.4) is 0 Å². The Kier molecular flexibility index (Phi) is 2.42. The molecule has 0 aromatic heterocycles. The second kappa shape index (κ2) is 3.58. The minimum atomic E-state index is -0.921. The van der Waals surface area contributed by atoms with Crippen LogP contribution in [0.15, 0.2) is 11.1 Å². The maximum Gasteiger partial charge on any atom is 0.132 e. The second-order valence-corrected chi connectivity index (χ2v) is 6.60. The molecule has 0 nitrogen and oxygen atoms in total. The topological polar surface area (TPSA) is 0 Å². The van der Waals surface area contributed by atoms with Crippen LogP contribution in [0.5, 0.6) is 0 Å². The van der Waals surface area contributed by atoms with E-state index in [9.17, 15) is 0 Å². The van der Waals surface area contributed by atoms with Crippen LogP contribution in [0.1, 0.15) is 58.8 Å². The Hall–Kier alpha value is -0.330. The Morgan fingerprint density at radius 1 is 1.06 bits per heavy atom. The van der Waals surface area contributed by atoms with E-state index >= 15 is 4.39 Å². The highest BCUT2D eigenvalue weighted by Gasteiger charge is 2.48. The molecule has 3 rings (SSSR count). The minimum absolute atomic E-state index is 0.570. The quantitative estimate of drug-likeness (QED) is 0.447. The zero-order chi connectivity index (χ0) is 11.3. The molecule has 0 N–H and O–H groups in total. The van der Waals surface area contributed by atoms with Crippen LogP contribution in [0.25, 0.3) is 0 Å². The van der Waals surface area contributed by atoms with E-state index in [1.165, 1.54) is 36.8 Å². The van der Waals surface area contributed by atoms with Crippen LogP contribution in [0.2, 0.25) is 0 Å². The summed E-state index contributed by atoms with van der Waals surface area (Å²) in [5.41, 5.74) is 1.84. The molecule has 0 bridgehead atoms. The number of hydrogen-bond donors (Lipinski definition) is 0. The molecule has 0 spiro atoms. The fourth-order valence-corrected chi connectivity index (χ4v) is 4.05. The van der Waals surface area contributed by atoms with Crippen molar-refractivity contribution in [1.29, 1.82) is 0 Å². The van der Waals surface area contributed by atoms with Gasteiger partial charge in [0.25, 0.3) is 0 Å². The predicted molar refractivity (Wildman–Crippen MR) is 65.0 cm³/mol. The molecular formula is C15H23F. The van der Waals surface area contributed by atoms with E-state index in [0.29, 0.717) is 11.8 Å². The summed E-state index contributed by atoms with van der Waals surface area (Å²) in [6.07, 6.45) is 7.57. The summed E-state index contributed by atoms with van der Waals surface area (Å²) in [4.78, 5) is 0. The molecule has 2 saturated carbocycles. The summed E-state index contributed by atoms with van der Waals surface area (Å²) in [5.74, 6) is 1.94. The Morgan fingerprint density at radius 3 is 2.12 bits per heavy atom. The second-order valence-electron chi connectivity index (χ2n) is 6.60. The van der Waals surface area contributed by atoms with E-state index in [0.717, 1.165) is 25.2 Å². The third kappa shape index (κ3) is 1.72. The van der Waals surface area contributed by atoms with Crippen molar-refractivity contribution in [3.05, 3.63) is 11.1 Å². The lowest BCUT2D eigenvalue weighted by Crippen LogP contribution is -2.28. The van der Waals surface area contributed by atoms with Crippen molar-refractivity contribution in [3.8, 4) is 0 Å². The number of allylic oxidation sites excluding steroid dienone is 2. The Bertz CT molecular complexity index is 316. The van der Waals surface area contributed by atoms with Crippen molar-refractivity contribution in [2.24, 2.45) is 17.8 Å². The fourth-order valence-electron chi connectivity index (χ4n) is 4.05. The molecule has 3 aliphatic carbocycles. The van der Waals surface area contributed by atoms with Gasteiger partial charge in [-0.25, -0.2) is 4.39 Å². The van der Waals surface area contributed by atoms with Crippen LogP contribution >= 0.6 is 0 Å². The first-order valence-corrected chi connectivity index (χ1v) is 7.00. The number of fused-ring (bicyclic) bond motifs is 1. The molecule has 0 saturated heterocycles. The monoisotopic (exact) mass is 222 g/mol. The fraction of sp³-hybridized carbons (Fsp3) is 0.867. The van der Waals surface area contributed by atoms with Gasteiger partial charge in [-0.2, -0.15) is 0 Å². The van der Waals surface area contributed by atoms with Gasteiger partial charge in [-0.3, -0.25) is 0 Å². The number of alkyl halides is 1. The van der Waals surface area contributed by atoms with E-state index in [-0.39, 0.29) is 0 Å². The Morgan fingerprint density at radius 2 is 1.69 bits per heavy atom. The summed E-state index contributed by atoms with van der Waals surface area (Å²) in [7, 11) is 0. The number of halogens is 1. The van der Waals surface area contributed by atoms with E-state index in [4.69, 9.17) is 0 Å². The van der Waals surface area contributed by atoms with Gasteiger partial charge in [0.15, 0.2) is 0 Å². The smallest absolute Gasteiger partial charge is 0.132 e. The summed E-state index contributed by atoms with van der Waals surface area (Å²) >= 11 is 0. The van der Waals surface area contributed by atoms with Gasteiger partial charge in [0.05, 0.1) is 0 Å². The van der Waals surface area contributed by atoms with Crippen molar-refractivity contribution < 1.29 is 4.39 Å². The van der Waals surface area contributed by atoms with E-state index in [2.05, 4.69) is 13.8 Å². The molecule has 3 aliphatic rings. The summed E-state index contributed by atoms with van der Waals surface area (Å²) < 4.78 is 15.3. The van der Waals surface area contributed by atoms with Crippen molar-refractivity contribution in [3.63, 3.8) is 0 Å². The maximum absolute atomic E-state index is 15.3. The zero-order valence-electron chi connectivity index (χ0n) is 10.6. The predicted octanol–water partition coefficient (Wildman–Crippen LogP) is 4.65. The molecule has 1 heteroatoms. The highest BCUT2D eigenvalue weighted by atomic mass is 19.1. The largest absolute Gasteiger partial charge is 0.239 e. The minimum Gasteiger partial charge on any atom is -0.239 e. The molecule has 0 aliphatic heterocycles. The Labute approximate surface area is 98.3 Å². The van der Waals surface area contributed by atoms with Crippen molar-refractivity contribution in [2.45, 2.75) is 64.5 Å². The lowest BCUT2D eigenvalue weighted by atomic mass is 9.82. The molecule has 2 fully saturated rings. The van der Waals surface area contributed by atoms with E-state index in [1.54, 1.807) is 0 Å². The molecule has 90 valence electrons. The maximum atomic E-state index is 15.3. The molecule has 0 aromatic carbocycles. The van der Waals surface area contributed by atoms with Crippen LogP contribution in [-0.4, -0.2) is 5.67 Å². The van der Waals surface area contributed by atoms with Gasteiger partial charge >= 0.3 is 0 Å². The van der Waals surface area contributed by atoms with Gasteiger partial charge in [0.2, 0.25) is 0 Å². The molecule has 3 unspecified atom stereocenters.